The van der Waals surface area contributed by atoms with Gasteiger partial charge in [-0.1, -0.05) is 84.9 Å². The number of Topliss-reactive ketones (excluding diaryl/α,β-unsaturated/α-hetero) is 4. The molecule has 0 aliphatic rings. The van der Waals surface area contributed by atoms with Crippen molar-refractivity contribution in [1.82, 2.24) is 0 Å². The van der Waals surface area contributed by atoms with Crippen molar-refractivity contribution in [1.29, 1.82) is 0 Å². The second kappa shape index (κ2) is 9.06. The maximum atomic E-state index is 13.4. The molecule has 4 heteroatoms. The van der Waals surface area contributed by atoms with Crippen LogP contribution < -0.4 is 0 Å². The number of rotatable bonds is 8. The van der Waals surface area contributed by atoms with E-state index in [-0.39, 0.29) is 24.2 Å². The number of ketones is 4. The maximum Gasteiger partial charge on any atom is 0.269 e. The molecule has 0 N–H and O–H groups in total. The summed E-state index contributed by atoms with van der Waals surface area (Å²) in [5.74, 6) is -3.59. The Kier molecular flexibility index (Phi) is 6.04. The van der Waals surface area contributed by atoms with Gasteiger partial charge in [0.2, 0.25) is 11.6 Å². The minimum Gasteiger partial charge on any atom is -0.300 e. The van der Waals surface area contributed by atoms with E-state index in [4.69, 9.17) is 0 Å². The lowest BCUT2D eigenvalue weighted by molar-refractivity contribution is -0.135. The molecule has 0 aromatic heterocycles. The highest BCUT2D eigenvalue weighted by Crippen LogP contribution is 2.31. The fourth-order valence-corrected chi connectivity index (χ4v) is 4.15. The number of fused-ring (bicyclic) bond motifs is 2. The quantitative estimate of drug-likeness (QED) is 0.215. The first kappa shape index (κ1) is 21.3. The fourth-order valence-electron chi connectivity index (χ4n) is 4.15. The monoisotopic (exact) mass is 422 g/mol. The van der Waals surface area contributed by atoms with Crippen LogP contribution in [0.3, 0.4) is 0 Å². The average molecular weight is 422 g/mol. The number of hydrogen-bond donors (Lipinski definition) is 0. The third kappa shape index (κ3) is 4.12. The first-order valence-electron chi connectivity index (χ1n) is 10.5. The third-order valence-corrected chi connectivity index (χ3v) is 5.76. The molecule has 1 atom stereocenters. The van der Waals surface area contributed by atoms with Gasteiger partial charge in [0.1, 0.15) is 5.78 Å². The molecule has 4 nitrogen and oxygen atoms in total. The fraction of sp³-hybridized carbons (Fsp3) is 0.143. The zero-order chi connectivity index (χ0) is 22.7. The molecule has 0 amide bonds. The van der Waals surface area contributed by atoms with E-state index in [0.29, 0.717) is 10.9 Å². The normalized spacial score (nSPS) is 11.9. The standard InChI is InChI=1S/C28H22O4/c1-18(29)16-17-25(23-14-6-10-19-8-2-4-12-21(19)23)27(31)28(32)26(30)24-15-7-11-20-9-3-5-13-22(20)24/h2-15,25H,16-17H2,1H3. The Morgan fingerprint density at radius 1 is 0.688 bits per heavy atom. The molecule has 0 saturated carbocycles. The van der Waals surface area contributed by atoms with Crippen molar-refractivity contribution in [2.24, 2.45) is 0 Å². The summed E-state index contributed by atoms with van der Waals surface area (Å²) in [6.07, 6.45) is 0.325. The second-order valence-corrected chi connectivity index (χ2v) is 7.91. The van der Waals surface area contributed by atoms with Crippen molar-refractivity contribution in [2.45, 2.75) is 25.7 Å². The Labute approximate surface area is 185 Å². The molecular formula is C28H22O4. The van der Waals surface area contributed by atoms with Crippen LogP contribution in [-0.2, 0) is 14.4 Å². The number of hydrogen-bond acceptors (Lipinski definition) is 4. The molecule has 0 radical (unpaired) electrons. The van der Waals surface area contributed by atoms with Crippen LogP contribution in [-0.4, -0.2) is 23.1 Å². The van der Waals surface area contributed by atoms with Crippen molar-refractivity contribution in [3.63, 3.8) is 0 Å². The van der Waals surface area contributed by atoms with Crippen LogP contribution in [0.4, 0.5) is 0 Å². The molecule has 1 unspecified atom stereocenters. The van der Waals surface area contributed by atoms with Gasteiger partial charge in [0.05, 0.1) is 5.92 Å². The second-order valence-electron chi connectivity index (χ2n) is 7.91. The van der Waals surface area contributed by atoms with Crippen LogP contribution in [0.2, 0.25) is 0 Å². The van der Waals surface area contributed by atoms with Gasteiger partial charge in [-0.05, 0) is 40.5 Å². The van der Waals surface area contributed by atoms with E-state index in [2.05, 4.69) is 0 Å². The largest absolute Gasteiger partial charge is 0.300 e. The van der Waals surface area contributed by atoms with Crippen molar-refractivity contribution in [3.8, 4) is 0 Å². The minimum atomic E-state index is -1.05. The predicted molar refractivity (Wildman–Crippen MR) is 125 cm³/mol. The molecule has 4 aromatic carbocycles. The molecule has 32 heavy (non-hydrogen) atoms. The molecule has 0 spiro atoms. The van der Waals surface area contributed by atoms with Crippen molar-refractivity contribution < 1.29 is 19.2 Å². The molecule has 0 aliphatic heterocycles. The lowest BCUT2D eigenvalue weighted by Gasteiger charge is -2.17. The zero-order valence-corrected chi connectivity index (χ0v) is 17.7. The Bertz CT molecular complexity index is 1360. The van der Waals surface area contributed by atoms with E-state index >= 15 is 0 Å². The number of carbonyl (C=O) groups is 4. The van der Waals surface area contributed by atoms with E-state index in [0.717, 1.165) is 16.2 Å². The first-order chi connectivity index (χ1) is 15.5. The van der Waals surface area contributed by atoms with Crippen molar-refractivity contribution >= 4 is 44.7 Å². The summed E-state index contributed by atoms with van der Waals surface area (Å²) in [4.78, 5) is 51.2. The highest BCUT2D eigenvalue weighted by Gasteiger charge is 2.33. The predicted octanol–water partition coefficient (Wildman–Crippen LogP) is 5.47. The van der Waals surface area contributed by atoms with Gasteiger partial charge in [-0.2, -0.15) is 0 Å². The van der Waals surface area contributed by atoms with E-state index < -0.39 is 23.3 Å². The van der Waals surface area contributed by atoms with Crippen LogP contribution in [0.15, 0.2) is 84.9 Å². The van der Waals surface area contributed by atoms with Crippen LogP contribution >= 0.6 is 0 Å². The average Bonchev–Trinajstić information content (AvgIpc) is 2.82. The third-order valence-electron chi connectivity index (χ3n) is 5.76. The molecule has 0 aliphatic carbocycles. The van der Waals surface area contributed by atoms with Crippen LogP contribution in [0.25, 0.3) is 21.5 Å². The summed E-state index contributed by atoms with van der Waals surface area (Å²) in [5, 5.41) is 3.22. The smallest absolute Gasteiger partial charge is 0.269 e. The highest BCUT2D eigenvalue weighted by molar-refractivity contribution is 6.68. The lowest BCUT2D eigenvalue weighted by Crippen LogP contribution is -2.29. The Morgan fingerprint density at radius 2 is 1.25 bits per heavy atom. The van der Waals surface area contributed by atoms with Crippen LogP contribution in [0, 0.1) is 0 Å². The van der Waals surface area contributed by atoms with Crippen LogP contribution in [0.1, 0.15) is 41.6 Å². The van der Waals surface area contributed by atoms with Gasteiger partial charge in [-0.15, -0.1) is 0 Å². The molecule has 0 fully saturated rings. The van der Waals surface area contributed by atoms with Crippen molar-refractivity contribution in [3.05, 3.63) is 96.1 Å². The Hall–Kier alpha value is -3.92. The lowest BCUT2D eigenvalue weighted by atomic mass is 9.83. The van der Waals surface area contributed by atoms with Gasteiger partial charge in [-0.25, -0.2) is 0 Å². The van der Waals surface area contributed by atoms with Crippen LogP contribution in [0.5, 0.6) is 0 Å². The van der Waals surface area contributed by atoms with Gasteiger partial charge in [0, 0.05) is 12.0 Å². The summed E-state index contributed by atoms with van der Waals surface area (Å²) in [5.41, 5.74) is 0.873. The van der Waals surface area contributed by atoms with Gasteiger partial charge in [-0.3, -0.25) is 14.4 Å². The number of carbonyl (C=O) groups excluding carboxylic acids is 4. The Balaban J connectivity index is 1.74. The van der Waals surface area contributed by atoms with E-state index in [1.807, 2.05) is 54.6 Å². The summed E-state index contributed by atoms with van der Waals surface area (Å²) < 4.78 is 0. The first-order valence-corrected chi connectivity index (χ1v) is 10.5. The van der Waals surface area contributed by atoms with Gasteiger partial charge in [0.25, 0.3) is 5.78 Å². The highest BCUT2D eigenvalue weighted by atomic mass is 16.2. The summed E-state index contributed by atoms with van der Waals surface area (Å²) in [7, 11) is 0. The van der Waals surface area contributed by atoms with Gasteiger partial charge < -0.3 is 4.79 Å². The van der Waals surface area contributed by atoms with Gasteiger partial charge in [0.15, 0.2) is 0 Å². The topological polar surface area (TPSA) is 68.3 Å². The number of benzene rings is 4. The van der Waals surface area contributed by atoms with Crippen molar-refractivity contribution in [2.75, 3.05) is 0 Å². The minimum absolute atomic E-state index is 0.0733. The molecule has 0 saturated heterocycles. The molecule has 158 valence electrons. The van der Waals surface area contributed by atoms with E-state index in [1.54, 1.807) is 30.3 Å². The molecule has 4 rings (SSSR count). The summed E-state index contributed by atoms with van der Waals surface area (Å²) >= 11 is 0. The molecule has 4 aromatic rings. The van der Waals surface area contributed by atoms with Gasteiger partial charge >= 0.3 is 0 Å². The SMILES string of the molecule is CC(=O)CCC(C(=O)C(=O)C(=O)c1cccc2ccccc12)c1cccc2ccccc12. The molecule has 0 bridgehead atoms. The van der Waals surface area contributed by atoms with E-state index in [9.17, 15) is 19.2 Å². The zero-order valence-electron chi connectivity index (χ0n) is 17.7. The summed E-state index contributed by atoms with van der Waals surface area (Å²) in [6, 6.07) is 25.5. The molecule has 0 heterocycles. The summed E-state index contributed by atoms with van der Waals surface area (Å²) in [6.45, 7) is 1.45. The van der Waals surface area contributed by atoms with E-state index in [1.165, 1.54) is 6.92 Å². The Morgan fingerprint density at radius 3 is 1.94 bits per heavy atom. The molecular weight excluding hydrogens is 400 g/mol. The maximum absolute atomic E-state index is 13.4.